The largest absolute Gasteiger partial charge is 0.392 e. The number of aliphatic hydroxyl groups is 1. The van der Waals surface area contributed by atoms with Crippen molar-refractivity contribution in [3.05, 3.63) is 24.2 Å². The molecule has 0 spiro atoms. The van der Waals surface area contributed by atoms with Crippen LogP contribution in [0.1, 0.15) is 12.5 Å². The number of hydrogen-bond acceptors (Lipinski definition) is 5. The number of nitrogens with zero attached hydrogens (tertiary/aromatic N) is 3. The summed E-state index contributed by atoms with van der Waals surface area (Å²) in [7, 11) is -3.79. The van der Waals surface area contributed by atoms with Gasteiger partial charge in [-0.1, -0.05) is 0 Å². The molecule has 2 aromatic heterocycles. The summed E-state index contributed by atoms with van der Waals surface area (Å²) in [6, 6.07) is 0. The van der Waals surface area contributed by atoms with E-state index in [1.165, 1.54) is 12.4 Å². The van der Waals surface area contributed by atoms with Crippen molar-refractivity contribution >= 4 is 15.7 Å². The van der Waals surface area contributed by atoms with Crippen molar-refractivity contribution in [3.63, 3.8) is 0 Å². The lowest BCUT2D eigenvalue weighted by atomic mass is 10.4. The van der Waals surface area contributed by atoms with Gasteiger partial charge in [-0.15, -0.1) is 0 Å². The SMILES string of the molecule is CCn1cc(NS(=O)(=O)c2[nH]ncc2CO)cn1. The molecule has 0 aliphatic heterocycles. The molecule has 0 atom stereocenters. The molecule has 0 aliphatic rings. The number of anilines is 1. The van der Waals surface area contributed by atoms with Gasteiger partial charge in [0.05, 0.1) is 24.7 Å². The van der Waals surface area contributed by atoms with Crippen LogP contribution in [0.3, 0.4) is 0 Å². The van der Waals surface area contributed by atoms with Crippen molar-refractivity contribution in [2.45, 2.75) is 25.1 Å². The number of aliphatic hydroxyl groups excluding tert-OH is 1. The first-order chi connectivity index (χ1) is 8.56. The molecule has 8 nitrogen and oxygen atoms in total. The van der Waals surface area contributed by atoms with Crippen LogP contribution in [0.2, 0.25) is 0 Å². The van der Waals surface area contributed by atoms with E-state index < -0.39 is 16.6 Å². The third kappa shape index (κ3) is 2.36. The molecule has 2 aromatic rings. The van der Waals surface area contributed by atoms with E-state index in [1.807, 2.05) is 6.92 Å². The van der Waals surface area contributed by atoms with Crippen molar-refractivity contribution in [3.8, 4) is 0 Å². The van der Waals surface area contributed by atoms with E-state index in [0.717, 1.165) is 0 Å². The predicted octanol–water partition coefficient (Wildman–Crippen LogP) is -0.0808. The fraction of sp³-hybridized carbons (Fsp3) is 0.333. The van der Waals surface area contributed by atoms with E-state index >= 15 is 0 Å². The molecule has 2 heterocycles. The highest BCUT2D eigenvalue weighted by molar-refractivity contribution is 7.92. The van der Waals surface area contributed by atoms with E-state index in [4.69, 9.17) is 5.11 Å². The van der Waals surface area contributed by atoms with Crippen LogP contribution in [0.25, 0.3) is 0 Å². The number of aryl methyl sites for hydroxylation is 1. The van der Waals surface area contributed by atoms with Gasteiger partial charge in [0, 0.05) is 18.3 Å². The Bertz CT molecular complexity index is 630. The molecule has 0 saturated carbocycles. The van der Waals surface area contributed by atoms with Gasteiger partial charge in [-0.2, -0.15) is 18.6 Å². The van der Waals surface area contributed by atoms with Gasteiger partial charge in [0.1, 0.15) is 0 Å². The maximum Gasteiger partial charge on any atom is 0.279 e. The molecule has 3 N–H and O–H groups in total. The molecule has 0 saturated heterocycles. The normalized spacial score (nSPS) is 11.7. The Balaban J connectivity index is 2.27. The quantitative estimate of drug-likeness (QED) is 0.704. The van der Waals surface area contributed by atoms with Crippen molar-refractivity contribution in [1.29, 1.82) is 0 Å². The number of rotatable bonds is 5. The topological polar surface area (TPSA) is 113 Å². The molecular formula is C9H13N5O3S. The second kappa shape index (κ2) is 4.78. The van der Waals surface area contributed by atoms with Crippen molar-refractivity contribution in [1.82, 2.24) is 20.0 Å². The zero-order valence-corrected chi connectivity index (χ0v) is 10.5. The smallest absolute Gasteiger partial charge is 0.279 e. The Morgan fingerprint density at radius 2 is 2.28 bits per heavy atom. The Morgan fingerprint density at radius 1 is 1.50 bits per heavy atom. The van der Waals surface area contributed by atoms with Crippen molar-refractivity contribution in [2.24, 2.45) is 0 Å². The van der Waals surface area contributed by atoms with Gasteiger partial charge in [0.25, 0.3) is 10.0 Å². The lowest BCUT2D eigenvalue weighted by Gasteiger charge is -2.04. The first-order valence-corrected chi connectivity index (χ1v) is 6.73. The van der Waals surface area contributed by atoms with E-state index in [0.29, 0.717) is 12.2 Å². The van der Waals surface area contributed by atoms with Crippen molar-refractivity contribution < 1.29 is 13.5 Å². The number of H-pyrrole nitrogens is 1. The van der Waals surface area contributed by atoms with Gasteiger partial charge in [-0.3, -0.25) is 14.5 Å². The summed E-state index contributed by atoms with van der Waals surface area (Å²) in [4.78, 5) is 0. The highest BCUT2D eigenvalue weighted by Gasteiger charge is 2.21. The highest BCUT2D eigenvalue weighted by Crippen LogP contribution is 2.16. The fourth-order valence-electron chi connectivity index (χ4n) is 1.44. The molecule has 98 valence electrons. The Morgan fingerprint density at radius 3 is 2.89 bits per heavy atom. The van der Waals surface area contributed by atoms with Crippen LogP contribution in [0.4, 0.5) is 5.69 Å². The minimum atomic E-state index is -3.79. The van der Waals surface area contributed by atoms with Gasteiger partial charge in [0.15, 0.2) is 5.03 Å². The minimum Gasteiger partial charge on any atom is -0.392 e. The van der Waals surface area contributed by atoms with E-state index in [2.05, 4.69) is 20.0 Å². The Labute approximate surface area is 104 Å². The zero-order chi connectivity index (χ0) is 13.2. The number of hydrogen-bond donors (Lipinski definition) is 3. The zero-order valence-electron chi connectivity index (χ0n) is 9.66. The van der Waals surface area contributed by atoms with Gasteiger partial charge in [-0.25, -0.2) is 0 Å². The minimum absolute atomic E-state index is 0.144. The highest BCUT2D eigenvalue weighted by atomic mass is 32.2. The molecule has 0 bridgehead atoms. The van der Waals surface area contributed by atoms with Gasteiger partial charge in [0.2, 0.25) is 0 Å². The number of nitrogens with one attached hydrogen (secondary N) is 2. The Hall–Kier alpha value is -1.87. The second-order valence-electron chi connectivity index (χ2n) is 3.57. The van der Waals surface area contributed by atoms with Crippen LogP contribution in [-0.4, -0.2) is 33.5 Å². The van der Waals surface area contributed by atoms with Gasteiger partial charge < -0.3 is 5.11 Å². The van der Waals surface area contributed by atoms with Gasteiger partial charge in [-0.05, 0) is 6.92 Å². The van der Waals surface area contributed by atoms with E-state index in [-0.39, 0.29) is 10.6 Å². The number of aromatic nitrogens is 4. The molecule has 0 radical (unpaired) electrons. The lowest BCUT2D eigenvalue weighted by Crippen LogP contribution is -2.14. The summed E-state index contributed by atoms with van der Waals surface area (Å²) in [5, 5.41) is 18.8. The number of sulfonamides is 1. The maximum atomic E-state index is 12.0. The molecule has 0 amide bonds. The summed E-state index contributed by atoms with van der Waals surface area (Å²) < 4.78 is 28.0. The summed E-state index contributed by atoms with van der Waals surface area (Å²) >= 11 is 0. The molecule has 0 fully saturated rings. The van der Waals surface area contributed by atoms with Crippen LogP contribution in [0, 0.1) is 0 Å². The molecular weight excluding hydrogens is 258 g/mol. The Kier molecular flexibility index (Phi) is 3.34. The summed E-state index contributed by atoms with van der Waals surface area (Å²) in [5.74, 6) is 0. The maximum absolute atomic E-state index is 12.0. The number of aromatic amines is 1. The summed E-state index contributed by atoms with van der Waals surface area (Å²) in [5.41, 5.74) is 0.570. The predicted molar refractivity (Wildman–Crippen MR) is 63.2 cm³/mol. The molecule has 18 heavy (non-hydrogen) atoms. The molecule has 0 unspecified atom stereocenters. The fourth-order valence-corrected chi connectivity index (χ4v) is 2.59. The van der Waals surface area contributed by atoms with Crippen LogP contribution in [-0.2, 0) is 23.2 Å². The third-order valence-corrected chi connectivity index (χ3v) is 3.72. The average Bonchev–Trinajstić information content (AvgIpc) is 2.96. The van der Waals surface area contributed by atoms with Gasteiger partial charge >= 0.3 is 0 Å². The molecule has 2 rings (SSSR count). The lowest BCUT2D eigenvalue weighted by molar-refractivity contribution is 0.278. The van der Waals surface area contributed by atoms with Crippen LogP contribution in [0.15, 0.2) is 23.6 Å². The molecule has 0 aliphatic carbocycles. The van der Waals surface area contributed by atoms with Crippen LogP contribution in [0.5, 0.6) is 0 Å². The van der Waals surface area contributed by atoms with Crippen molar-refractivity contribution in [2.75, 3.05) is 4.72 Å². The molecule has 9 heteroatoms. The summed E-state index contributed by atoms with van der Waals surface area (Å²) in [6.45, 7) is 2.14. The monoisotopic (exact) mass is 271 g/mol. The van der Waals surface area contributed by atoms with Crippen LogP contribution < -0.4 is 4.72 Å². The summed E-state index contributed by atoms with van der Waals surface area (Å²) in [6.07, 6.45) is 4.26. The van der Waals surface area contributed by atoms with E-state index in [9.17, 15) is 8.42 Å². The average molecular weight is 271 g/mol. The van der Waals surface area contributed by atoms with Crippen LogP contribution >= 0.6 is 0 Å². The van der Waals surface area contributed by atoms with E-state index in [1.54, 1.807) is 10.9 Å². The standard InChI is InChI=1S/C9H13N5O3S/c1-2-14-5-8(4-11-14)13-18(16,17)9-7(6-15)3-10-12-9/h3-5,13,15H,2,6H2,1H3,(H,10,12). The first kappa shape index (κ1) is 12.6. The second-order valence-corrected chi connectivity index (χ2v) is 5.19. The third-order valence-electron chi connectivity index (χ3n) is 2.33. The molecule has 0 aromatic carbocycles. The first-order valence-electron chi connectivity index (χ1n) is 5.25.